The summed E-state index contributed by atoms with van der Waals surface area (Å²) in [5.41, 5.74) is 5.97. The molecule has 0 amide bonds. The number of guanidine groups is 1. The Morgan fingerprint density at radius 3 is 2.32 bits per heavy atom. The minimum absolute atomic E-state index is 0. The van der Waals surface area contributed by atoms with Crippen LogP contribution in [0.2, 0.25) is 0 Å². The van der Waals surface area contributed by atoms with Crippen LogP contribution >= 0.6 is 24.0 Å². The highest BCUT2D eigenvalue weighted by atomic mass is 127. The van der Waals surface area contributed by atoms with E-state index < -0.39 is 0 Å². The molecular weight excluding hydrogens is 351 g/mol. The summed E-state index contributed by atoms with van der Waals surface area (Å²) in [5, 5.41) is 0. The third-order valence-electron chi connectivity index (χ3n) is 3.92. The van der Waals surface area contributed by atoms with Gasteiger partial charge in [0.15, 0.2) is 5.96 Å². The highest BCUT2D eigenvalue weighted by molar-refractivity contribution is 14.0. The molecule has 1 rings (SSSR count). The van der Waals surface area contributed by atoms with Gasteiger partial charge in [-0.25, -0.2) is 0 Å². The summed E-state index contributed by atoms with van der Waals surface area (Å²) in [7, 11) is 0. The molecule has 1 saturated heterocycles. The average molecular weight is 382 g/mol. The average Bonchev–Trinajstić information content (AvgIpc) is 2.41. The Bertz CT molecular complexity index is 248. The summed E-state index contributed by atoms with van der Waals surface area (Å²) in [6.45, 7) is 11.8. The van der Waals surface area contributed by atoms with Crippen LogP contribution in [0.5, 0.6) is 0 Å². The minimum atomic E-state index is 0. The van der Waals surface area contributed by atoms with Crippen molar-refractivity contribution in [3.63, 3.8) is 0 Å². The van der Waals surface area contributed by atoms with Crippen LogP contribution in [0.1, 0.15) is 46.5 Å². The normalized spacial score (nSPS) is 18.8. The molecule has 0 saturated carbocycles. The molecule has 1 aliphatic rings. The molecule has 0 bridgehead atoms. The Hall–Kier alpha value is -0.0400. The Balaban J connectivity index is 0.00000324. The first kappa shape index (κ1) is 19.0. The van der Waals surface area contributed by atoms with Gasteiger partial charge in [-0.1, -0.05) is 6.42 Å². The van der Waals surface area contributed by atoms with Crippen LogP contribution in [0.25, 0.3) is 0 Å². The molecule has 0 spiro atoms. The lowest BCUT2D eigenvalue weighted by atomic mass is 10.1. The van der Waals surface area contributed by atoms with E-state index in [1.807, 2.05) is 0 Å². The van der Waals surface area contributed by atoms with E-state index in [9.17, 15) is 0 Å². The highest BCUT2D eigenvalue weighted by Crippen LogP contribution is 2.13. The summed E-state index contributed by atoms with van der Waals surface area (Å²) >= 11 is 0. The molecule has 1 unspecified atom stereocenters. The predicted molar refractivity (Wildman–Crippen MR) is 94.3 cm³/mol. The number of halogens is 1. The maximum absolute atomic E-state index is 5.97. The largest absolute Gasteiger partial charge is 0.370 e. The third-order valence-corrected chi connectivity index (χ3v) is 3.92. The highest BCUT2D eigenvalue weighted by Gasteiger charge is 2.15. The molecule has 1 atom stereocenters. The lowest BCUT2D eigenvalue weighted by Gasteiger charge is -2.32. The fourth-order valence-corrected chi connectivity index (χ4v) is 2.56. The number of likely N-dealkylation sites (tertiary alicyclic amines) is 1. The number of piperidine rings is 1. The number of rotatable bonds is 6. The van der Waals surface area contributed by atoms with Crippen LogP contribution in [0.3, 0.4) is 0 Å². The van der Waals surface area contributed by atoms with Crippen molar-refractivity contribution in [1.29, 1.82) is 0 Å². The molecular formula is C14H31IN4. The molecule has 4 nitrogen and oxygen atoms in total. The van der Waals surface area contributed by atoms with Crippen LogP contribution in [0, 0.1) is 0 Å². The summed E-state index contributed by atoms with van der Waals surface area (Å²) in [4.78, 5) is 9.19. The maximum atomic E-state index is 5.97. The topological polar surface area (TPSA) is 44.9 Å². The molecule has 1 aliphatic heterocycles. The van der Waals surface area contributed by atoms with Crippen LogP contribution in [0.4, 0.5) is 0 Å². The van der Waals surface area contributed by atoms with Crippen molar-refractivity contribution in [2.24, 2.45) is 10.7 Å². The van der Waals surface area contributed by atoms with Gasteiger partial charge in [0.2, 0.25) is 0 Å². The van der Waals surface area contributed by atoms with Crippen LogP contribution in [-0.4, -0.2) is 54.5 Å². The molecule has 5 heteroatoms. The Morgan fingerprint density at radius 1 is 1.21 bits per heavy atom. The van der Waals surface area contributed by atoms with Crippen molar-refractivity contribution >= 4 is 29.9 Å². The van der Waals surface area contributed by atoms with Gasteiger partial charge < -0.3 is 15.5 Å². The lowest BCUT2D eigenvalue weighted by Crippen LogP contribution is -2.39. The van der Waals surface area contributed by atoms with E-state index in [2.05, 4.69) is 35.6 Å². The third kappa shape index (κ3) is 6.79. The van der Waals surface area contributed by atoms with E-state index in [4.69, 9.17) is 5.73 Å². The molecule has 0 aliphatic carbocycles. The van der Waals surface area contributed by atoms with Gasteiger partial charge in [0.1, 0.15) is 0 Å². The van der Waals surface area contributed by atoms with Crippen LogP contribution in [0.15, 0.2) is 4.99 Å². The molecule has 1 fully saturated rings. The number of nitrogens with zero attached hydrogens (tertiary/aromatic N) is 3. The Morgan fingerprint density at radius 2 is 1.79 bits per heavy atom. The first-order valence-electron chi connectivity index (χ1n) is 7.48. The second kappa shape index (κ2) is 10.7. The molecule has 2 N–H and O–H groups in total. The quantitative estimate of drug-likeness (QED) is 0.436. The molecule has 114 valence electrons. The van der Waals surface area contributed by atoms with Gasteiger partial charge in [-0.3, -0.25) is 4.99 Å². The Labute approximate surface area is 135 Å². The zero-order chi connectivity index (χ0) is 13.4. The van der Waals surface area contributed by atoms with E-state index in [0.29, 0.717) is 12.0 Å². The second-order valence-electron chi connectivity index (χ2n) is 5.15. The number of aliphatic imine (C=N–C) groups is 1. The molecule has 19 heavy (non-hydrogen) atoms. The number of hydrogen-bond acceptors (Lipinski definition) is 2. The van der Waals surface area contributed by atoms with Crippen molar-refractivity contribution < 1.29 is 0 Å². The van der Waals surface area contributed by atoms with E-state index in [-0.39, 0.29) is 24.0 Å². The van der Waals surface area contributed by atoms with Crippen molar-refractivity contribution in [3.05, 3.63) is 0 Å². The van der Waals surface area contributed by atoms with Gasteiger partial charge in [0.05, 0.1) is 0 Å². The van der Waals surface area contributed by atoms with E-state index in [0.717, 1.165) is 26.1 Å². The van der Waals surface area contributed by atoms with Gasteiger partial charge in [-0.2, -0.15) is 0 Å². The smallest absolute Gasteiger partial charge is 0.191 e. The zero-order valence-electron chi connectivity index (χ0n) is 12.8. The molecule has 0 aromatic carbocycles. The van der Waals surface area contributed by atoms with Crippen molar-refractivity contribution in [2.45, 2.75) is 52.5 Å². The van der Waals surface area contributed by atoms with Gasteiger partial charge in [0.25, 0.3) is 0 Å². The summed E-state index contributed by atoms with van der Waals surface area (Å²) < 4.78 is 0. The second-order valence-corrected chi connectivity index (χ2v) is 5.15. The van der Waals surface area contributed by atoms with Gasteiger partial charge in [-0.15, -0.1) is 24.0 Å². The summed E-state index contributed by atoms with van der Waals surface area (Å²) in [6, 6.07) is 0.638. The molecule has 1 heterocycles. The fourth-order valence-electron chi connectivity index (χ4n) is 2.56. The van der Waals surface area contributed by atoms with Gasteiger partial charge in [-0.05, 0) is 53.1 Å². The number of hydrogen-bond donors (Lipinski definition) is 1. The summed E-state index contributed by atoms with van der Waals surface area (Å²) in [5.74, 6) is 0.700. The fraction of sp³-hybridized carbons (Fsp3) is 0.929. The van der Waals surface area contributed by atoms with Crippen LogP contribution < -0.4 is 5.73 Å². The molecule has 0 aromatic heterocycles. The molecule has 0 radical (unpaired) electrons. The zero-order valence-corrected chi connectivity index (χ0v) is 15.1. The molecule has 0 aromatic rings. The standard InChI is InChI=1S/C14H30N4.HI/c1-4-17(5-2)14(15)16-10-9-13(3)18-11-7-6-8-12-18;/h13H,4-12H2,1-3H3,(H2,15,16);1H. The lowest BCUT2D eigenvalue weighted by molar-refractivity contribution is 0.168. The van der Waals surface area contributed by atoms with Crippen molar-refractivity contribution in [1.82, 2.24) is 9.80 Å². The monoisotopic (exact) mass is 382 g/mol. The Kier molecular flexibility index (Phi) is 10.7. The van der Waals surface area contributed by atoms with Crippen LogP contribution in [-0.2, 0) is 0 Å². The van der Waals surface area contributed by atoms with Gasteiger partial charge >= 0.3 is 0 Å². The van der Waals surface area contributed by atoms with Crippen molar-refractivity contribution in [3.8, 4) is 0 Å². The van der Waals surface area contributed by atoms with Crippen molar-refractivity contribution in [2.75, 3.05) is 32.7 Å². The SMILES string of the molecule is CCN(CC)C(N)=NCCC(C)N1CCCCC1.I. The van der Waals surface area contributed by atoms with E-state index in [1.54, 1.807) is 0 Å². The first-order chi connectivity index (χ1) is 8.69. The van der Waals surface area contributed by atoms with E-state index in [1.165, 1.54) is 32.4 Å². The number of nitrogens with two attached hydrogens (primary N) is 1. The predicted octanol–water partition coefficient (Wildman–Crippen LogP) is 2.53. The maximum Gasteiger partial charge on any atom is 0.191 e. The van der Waals surface area contributed by atoms with Gasteiger partial charge in [0, 0.05) is 25.7 Å². The first-order valence-corrected chi connectivity index (χ1v) is 7.48. The summed E-state index contributed by atoms with van der Waals surface area (Å²) in [6.07, 6.45) is 5.22. The minimum Gasteiger partial charge on any atom is -0.370 e. The van der Waals surface area contributed by atoms with E-state index >= 15 is 0 Å².